The molecule has 1 heterocycles. The maximum absolute atomic E-state index is 11.1. The van der Waals surface area contributed by atoms with Crippen LogP contribution in [0, 0.1) is 6.92 Å². The lowest BCUT2D eigenvalue weighted by Gasteiger charge is -2.08. The molecule has 0 aliphatic carbocycles. The second kappa shape index (κ2) is 6.80. The fourth-order valence-electron chi connectivity index (χ4n) is 2.49. The molecule has 3 aromatic rings. The minimum Gasteiger partial charge on any atom is -0.296 e. The van der Waals surface area contributed by atoms with E-state index in [1.165, 1.54) is 11.1 Å². The van der Waals surface area contributed by atoms with Crippen LogP contribution in [0.4, 0.5) is 0 Å². The number of aldehydes is 1. The first-order valence-electron chi connectivity index (χ1n) is 7.46. The predicted octanol–water partition coefficient (Wildman–Crippen LogP) is 4.30. The molecule has 0 saturated carbocycles. The normalized spacial score (nSPS) is 10.7. The van der Waals surface area contributed by atoms with Gasteiger partial charge in [-0.05, 0) is 36.2 Å². The SMILES string of the molecule is Cc1ccc(Cc2cc(C=O)nn2Cc2ccc(Cl)cc2)cc1. The van der Waals surface area contributed by atoms with Gasteiger partial charge in [0.15, 0.2) is 6.29 Å². The largest absolute Gasteiger partial charge is 0.296 e. The Balaban J connectivity index is 1.87. The summed E-state index contributed by atoms with van der Waals surface area (Å²) in [7, 11) is 0. The Kier molecular flexibility index (Phi) is 4.58. The van der Waals surface area contributed by atoms with Gasteiger partial charge < -0.3 is 0 Å². The van der Waals surface area contributed by atoms with Crippen molar-refractivity contribution in [3.8, 4) is 0 Å². The smallest absolute Gasteiger partial charge is 0.170 e. The van der Waals surface area contributed by atoms with Gasteiger partial charge in [0.25, 0.3) is 0 Å². The van der Waals surface area contributed by atoms with Crippen molar-refractivity contribution >= 4 is 17.9 Å². The number of hydrogen-bond acceptors (Lipinski definition) is 2. The van der Waals surface area contributed by atoms with Crippen LogP contribution in [-0.2, 0) is 13.0 Å². The summed E-state index contributed by atoms with van der Waals surface area (Å²) in [6, 6.07) is 17.9. The Hall–Kier alpha value is -2.39. The summed E-state index contributed by atoms with van der Waals surface area (Å²) in [4.78, 5) is 11.1. The predicted molar refractivity (Wildman–Crippen MR) is 92.2 cm³/mol. The van der Waals surface area contributed by atoms with Crippen LogP contribution in [-0.4, -0.2) is 16.1 Å². The molecular weight excluding hydrogens is 308 g/mol. The number of aryl methyl sites for hydroxylation is 1. The minimum absolute atomic E-state index is 0.459. The topological polar surface area (TPSA) is 34.9 Å². The lowest BCUT2D eigenvalue weighted by atomic mass is 10.1. The number of aromatic nitrogens is 2. The number of hydrogen-bond donors (Lipinski definition) is 0. The van der Waals surface area contributed by atoms with Gasteiger partial charge in [-0.3, -0.25) is 9.48 Å². The first-order chi connectivity index (χ1) is 11.1. The molecule has 0 spiro atoms. The van der Waals surface area contributed by atoms with Gasteiger partial charge in [-0.1, -0.05) is 53.6 Å². The Morgan fingerprint density at radius 2 is 1.70 bits per heavy atom. The van der Waals surface area contributed by atoms with Crippen LogP contribution in [0.15, 0.2) is 54.6 Å². The molecular formula is C19H17ClN2O. The van der Waals surface area contributed by atoms with Crippen molar-refractivity contribution in [2.24, 2.45) is 0 Å². The van der Waals surface area contributed by atoms with Crippen LogP contribution in [0.5, 0.6) is 0 Å². The van der Waals surface area contributed by atoms with Crippen molar-refractivity contribution < 1.29 is 4.79 Å². The number of benzene rings is 2. The molecule has 3 rings (SSSR count). The van der Waals surface area contributed by atoms with Gasteiger partial charge in [-0.2, -0.15) is 5.10 Å². The van der Waals surface area contributed by atoms with Crippen molar-refractivity contribution in [2.45, 2.75) is 19.9 Å². The zero-order chi connectivity index (χ0) is 16.2. The highest BCUT2D eigenvalue weighted by Gasteiger charge is 2.09. The molecule has 0 N–H and O–H groups in total. The van der Waals surface area contributed by atoms with Gasteiger partial charge in [-0.25, -0.2) is 0 Å². The highest BCUT2D eigenvalue weighted by atomic mass is 35.5. The van der Waals surface area contributed by atoms with Crippen LogP contribution < -0.4 is 0 Å². The molecule has 2 aromatic carbocycles. The van der Waals surface area contributed by atoms with Crippen LogP contribution >= 0.6 is 11.6 Å². The summed E-state index contributed by atoms with van der Waals surface area (Å²) in [5, 5.41) is 5.09. The standard InChI is InChI=1S/C19H17ClN2O/c1-14-2-4-15(5-3-14)10-19-11-18(13-23)21-22(19)12-16-6-8-17(20)9-7-16/h2-9,11,13H,10,12H2,1H3. The third kappa shape index (κ3) is 3.88. The lowest BCUT2D eigenvalue weighted by molar-refractivity contribution is 0.111. The van der Waals surface area contributed by atoms with Crippen LogP contribution in [0.25, 0.3) is 0 Å². The van der Waals surface area contributed by atoms with E-state index in [9.17, 15) is 4.79 Å². The molecule has 0 fully saturated rings. The average Bonchev–Trinajstić information content (AvgIpc) is 2.94. The number of rotatable bonds is 5. The van der Waals surface area contributed by atoms with E-state index < -0.39 is 0 Å². The summed E-state index contributed by atoms with van der Waals surface area (Å²) >= 11 is 5.92. The monoisotopic (exact) mass is 324 g/mol. The lowest BCUT2D eigenvalue weighted by Crippen LogP contribution is -2.07. The van der Waals surface area contributed by atoms with Gasteiger partial charge in [0.1, 0.15) is 5.69 Å². The van der Waals surface area contributed by atoms with E-state index >= 15 is 0 Å². The summed E-state index contributed by atoms with van der Waals surface area (Å²) < 4.78 is 1.88. The molecule has 0 bridgehead atoms. The van der Waals surface area contributed by atoms with Crippen LogP contribution in [0.1, 0.15) is 32.9 Å². The summed E-state index contributed by atoms with van der Waals surface area (Å²) in [5.41, 5.74) is 5.01. The average molecular weight is 325 g/mol. The Morgan fingerprint density at radius 1 is 1.04 bits per heavy atom. The quantitative estimate of drug-likeness (QED) is 0.656. The van der Waals surface area contributed by atoms with Crippen molar-refractivity contribution in [1.82, 2.24) is 9.78 Å². The Bertz CT molecular complexity index is 739. The highest BCUT2D eigenvalue weighted by Crippen LogP contribution is 2.15. The van der Waals surface area contributed by atoms with Gasteiger partial charge in [-0.15, -0.1) is 0 Å². The first-order valence-corrected chi connectivity index (χ1v) is 7.84. The first kappa shape index (κ1) is 15.5. The van der Waals surface area contributed by atoms with E-state index in [4.69, 9.17) is 11.6 Å². The molecule has 0 aliphatic rings. The van der Waals surface area contributed by atoms with Gasteiger partial charge in [0.05, 0.1) is 6.54 Å². The molecule has 0 atom stereocenters. The number of carbonyl (C=O) groups is 1. The van der Waals surface area contributed by atoms with E-state index in [-0.39, 0.29) is 0 Å². The molecule has 1 aromatic heterocycles. The van der Waals surface area contributed by atoms with E-state index in [2.05, 4.69) is 36.3 Å². The van der Waals surface area contributed by atoms with Gasteiger partial charge >= 0.3 is 0 Å². The van der Waals surface area contributed by atoms with Gasteiger partial charge in [0.2, 0.25) is 0 Å². The van der Waals surface area contributed by atoms with Crippen LogP contribution in [0.3, 0.4) is 0 Å². The highest BCUT2D eigenvalue weighted by molar-refractivity contribution is 6.30. The number of carbonyl (C=O) groups excluding carboxylic acids is 1. The zero-order valence-corrected chi connectivity index (χ0v) is 13.6. The number of halogens is 1. The Morgan fingerprint density at radius 3 is 2.35 bits per heavy atom. The molecule has 0 unspecified atom stereocenters. The molecule has 23 heavy (non-hydrogen) atoms. The molecule has 0 amide bonds. The third-order valence-corrected chi connectivity index (χ3v) is 4.01. The van der Waals surface area contributed by atoms with Crippen molar-refractivity contribution in [3.05, 3.63) is 87.7 Å². The van der Waals surface area contributed by atoms with Gasteiger partial charge in [0, 0.05) is 17.1 Å². The van der Waals surface area contributed by atoms with E-state index in [0.717, 1.165) is 24.0 Å². The van der Waals surface area contributed by atoms with E-state index in [0.29, 0.717) is 17.3 Å². The Labute approximate surface area is 140 Å². The minimum atomic E-state index is 0.459. The maximum Gasteiger partial charge on any atom is 0.170 e. The van der Waals surface area contributed by atoms with Crippen LogP contribution in [0.2, 0.25) is 5.02 Å². The fraction of sp³-hybridized carbons (Fsp3) is 0.158. The second-order valence-electron chi connectivity index (χ2n) is 5.62. The molecule has 0 radical (unpaired) electrons. The molecule has 0 aliphatic heterocycles. The van der Waals surface area contributed by atoms with E-state index in [1.54, 1.807) is 0 Å². The molecule has 3 nitrogen and oxygen atoms in total. The van der Waals surface area contributed by atoms with Crippen molar-refractivity contribution in [1.29, 1.82) is 0 Å². The summed E-state index contributed by atoms with van der Waals surface area (Å²) in [6.07, 6.45) is 1.53. The summed E-state index contributed by atoms with van der Waals surface area (Å²) in [5.74, 6) is 0. The summed E-state index contributed by atoms with van der Waals surface area (Å²) in [6.45, 7) is 2.69. The molecule has 116 valence electrons. The number of nitrogens with zero attached hydrogens (tertiary/aromatic N) is 2. The zero-order valence-electron chi connectivity index (χ0n) is 12.9. The second-order valence-corrected chi connectivity index (χ2v) is 6.06. The fourth-order valence-corrected chi connectivity index (χ4v) is 2.62. The third-order valence-electron chi connectivity index (χ3n) is 3.75. The molecule has 0 saturated heterocycles. The van der Waals surface area contributed by atoms with Crippen molar-refractivity contribution in [3.63, 3.8) is 0 Å². The maximum atomic E-state index is 11.1. The van der Waals surface area contributed by atoms with E-state index in [1.807, 2.05) is 35.0 Å². The van der Waals surface area contributed by atoms with Crippen molar-refractivity contribution in [2.75, 3.05) is 0 Å². The molecule has 4 heteroatoms.